The van der Waals surface area contributed by atoms with Crippen LogP contribution in [-0.2, 0) is 6.18 Å². The first-order chi connectivity index (χ1) is 11.2. The van der Waals surface area contributed by atoms with Crippen LogP contribution in [0.4, 0.5) is 24.5 Å². The van der Waals surface area contributed by atoms with Crippen LogP contribution in [-0.4, -0.2) is 17.1 Å². The third-order valence-electron chi connectivity index (χ3n) is 3.12. The Morgan fingerprint density at radius 2 is 1.79 bits per heavy atom. The van der Waals surface area contributed by atoms with Crippen molar-refractivity contribution in [2.75, 3.05) is 11.6 Å². The minimum Gasteiger partial charge on any atom is -0.322 e. The SMILES string of the molecule is CSc1ccc([N+](=O)[O-])c(C(=O)Nc2ccc(C(F)(F)F)cc2)c1. The number of rotatable bonds is 4. The van der Waals surface area contributed by atoms with E-state index < -0.39 is 22.6 Å². The quantitative estimate of drug-likeness (QED) is 0.494. The maximum atomic E-state index is 12.5. The molecule has 0 heterocycles. The third kappa shape index (κ3) is 4.05. The highest BCUT2D eigenvalue weighted by atomic mass is 32.2. The smallest absolute Gasteiger partial charge is 0.322 e. The number of thioether (sulfide) groups is 1. The number of hydrogen-bond acceptors (Lipinski definition) is 4. The number of nitro benzene ring substituents is 1. The van der Waals surface area contributed by atoms with Gasteiger partial charge in [-0.05, 0) is 42.7 Å². The van der Waals surface area contributed by atoms with Gasteiger partial charge in [0.15, 0.2) is 0 Å². The lowest BCUT2D eigenvalue weighted by atomic mass is 10.1. The lowest BCUT2D eigenvalue weighted by molar-refractivity contribution is -0.385. The number of hydrogen-bond donors (Lipinski definition) is 1. The number of amides is 1. The zero-order valence-corrected chi connectivity index (χ0v) is 13.1. The van der Waals surface area contributed by atoms with E-state index in [0.717, 1.165) is 24.3 Å². The van der Waals surface area contributed by atoms with Crippen molar-refractivity contribution in [2.24, 2.45) is 0 Å². The highest BCUT2D eigenvalue weighted by molar-refractivity contribution is 7.98. The fourth-order valence-electron chi connectivity index (χ4n) is 1.92. The molecule has 5 nitrogen and oxygen atoms in total. The molecule has 126 valence electrons. The summed E-state index contributed by atoms with van der Waals surface area (Å²) in [5.74, 6) is -0.766. The van der Waals surface area contributed by atoms with Crippen LogP contribution in [0.25, 0.3) is 0 Å². The molecule has 2 rings (SSSR count). The Labute approximate surface area is 139 Å². The van der Waals surface area contributed by atoms with Crippen LogP contribution in [0.1, 0.15) is 15.9 Å². The van der Waals surface area contributed by atoms with Crippen molar-refractivity contribution >= 4 is 29.0 Å². The van der Waals surface area contributed by atoms with Gasteiger partial charge in [0.2, 0.25) is 0 Å². The first kappa shape index (κ1) is 17.8. The summed E-state index contributed by atoms with van der Waals surface area (Å²) in [5, 5.41) is 13.4. The molecule has 0 fully saturated rings. The summed E-state index contributed by atoms with van der Waals surface area (Å²) in [6.07, 6.45) is -2.73. The van der Waals surface area contributed by atoms with E-state index in [1.807, 2.05) is 0 Å². The fourth-order valence-corrected chi connectivity index (χ4v) is 2.36. The van der Waals surface area contributed by atoms with Crippen LogP contribution in [0.2, 0.25) is 0 Å². The van der Waals surface area contributed by atoms with Crippen molar-refractivity contribution in [1.82, 2.24) is 0 Å². The predicted octanol–water partition coefficient (Wildman–Crippen LogP) is 4.59. The van der Waals surface area contributed by atoms with Gasteiger partial charge in [-0.2, -0.15) is 13.2 Å². The standard InChI is InChI=1S/C15H11F3N2O3S/c1-24-11-6-7-13(20(22)23)12(8-11)14(21)19-10-4-2-9(3-5-10)15(16,17)18/h2-8H,1H3,(H,19,21). The Kier molecular flexibility index (Phi) is 5.13. The van der Waals surface area contributed by atoms with Crippen LogP contribution in [0, 0.1) is 10.1 Å². The van der Waals surface area contributed by atoms with Crippen molar-refractivity contribution in [2.45, 2.75) is 11.1 Å². The Balaban J connectivity index is 2.28. The number of carbonyl (C=O) groups excluding carboxylic acids is 1. The lowest BCUT2D eigenvalue weighted by Gasteiger charge is -2.09. The van der Waals surface area contributed by atoms with Crippen LogP contribution >= 0.6 is 11.8 Å². The molecule has 24 heavy (non-hydrogen) atoms. The molecule has 0 radical (unpaired) electrons. The molecule has 0 bridgehead atoms. The molecule has 1 N–H and O–H groups in total. The molecule has 0 saturated carbocycles. The molecule has 0 unspecified atom stereocenters. The average molecular weight is 356 g/mol. The maximum absolute atomic E-state index is 12.5. The van der Waals surface area contributed by atoms with Gasteiger partial charge in [-0.3, -0.25) is 14.9 Å². The van der Waals surface area contributed by atoms with E-state index in [4.69, 9.17) is 0 Å². The van der Waals surface area contributed by atoms with E-state index in [0.29, 0.717) is 4.90 Å². The summed E-state index contributed by atoms with van der Waals surface area (Å²) >= 11 is 1.30. The first-order valence-electron chi connectivity index (χ1n) is 6.53. The molecular formula is C15H11F3N2O3S. The van der Waals surface area contributed by atoms with E-state index in [9.17, 15) is 28.1 Å². The number of benzene rings is 2. The van der Waals surface area contributed by atoms with Crippen molar-refractivity contribution in [3.63, 3.8) is 0 Å². The number of nitrogens with one attached hydrogen (secondary N) is 1. The van der Waals surface area contributed by atoms with Crippen molar-refractivity contribution < 1.29 is 22.9 Å². The molecule has 1 amide bonds. The van der Waals surface area contributed by atoms with E-state index in [2.05, 4.69) is 5.32 Å². The van der Waals surface area contributed by atoms with Crippen LogP contribution < -0.4 is 5.32 Å². The average Bonchev–Trinajstić information content (AvgIpc) is 2.53. The monoisotopic (exact) mass is 356 g/mol. The van der Waals surface area contributed by atoms with Gasteiger partial charge in [0.05, 0.1) is 10.5 Å². The van der Waals surface area contributed by atoms with Gasteiger partial charge >= 0.3 is 6.18 Å². The molecule has 0 saturated heterocycles. The highest BCUT2D eigenvalue weighted by Crippen LogP contribution is 2.30. The van der Waals surface area contributed by atoms with Gasteiger partial charge in [0.1, 0.15) is 5.56 Å². The Morgan fingerprint density at radius 1 is 1.17 bits per heavy atom. The highest BCUT2D eigenvalue weighted by Gasteiger charge is 2.30. The molecule has 0 aliphatic heterocycles. The molecule has 2 aromatic rings. The number of halogens is 3. The summed E-state index contributed by atoms with van der Waals surface area (Å²) in [6.45, 7) is 0. The largest absolute Gasteiger partial charge is 0.416 e. The van der Waals surface area contributed by atoms with Crippen molar-refractivity contribution in [3.05, 3.63) is 63.7 Å². The number of alkyl halides is 3. The minimum absolute atomic E-state index is 0.108. The number of nitro groups is 1. The maximum Gasteiger partial charge on any atom is 0.416 e. The Morgan fingerprint density at radius 3 is 2.29 bits per heavy atom. The fraction of sp³-hybridized carbons (Fsp3) is 0.133. The van der Waals surface area contributed by atoms with E-state index in [-0.39, 0.29) is 16.9 Å². The van der Waals surface area contributed by atoms with Gasteiger partial charge in [0, 0.05) is 16.6 Å². The van der Waals surface area contributed by atoms with Gasteiger partial charge in [-0.25, -0.2) is 0 Å². The Hall–Kier alpha value is -2.55. The second-order valence-corrected chi connectivity index (χ2v) is 5.55. The summed E-state index contributed by atoms with van der Waals surface area (Å²) in [4.78, 5) is 23.2. The molecule has 0 aliphatic carbocycles. The summed E-state index contributed by atoms with van der Waals surface area (Å²) in [6, 6.07) is 7.91. The van der Waals surface area contributed by atoms with Gasteiger partial charge in [-0.15, -0.1) is 11.8 Å². The summed E-state index contributed by atoms with van der Waals surface area (Å²) < 4.78 is 37.5. The van der Waals surface area contributed by atoms with Crippen LogP contribution in [0.15, 0.2) is 47.4 Å². The molecule has 2 aromatic carbocycles. The van der Waals surface area contributed by atoms with Gasteiger partial charge in [-0.1, -0.05) is 0 Å². The molecular weight excluding hydrogens is 345 g/mol. The second-order valence-electron chi connectivity index (χ2n) is 4.67. The number of nitrogens with zero attached hydrogens (tertiary/aromatic N) is 1. The number of anilines is 1. The first-order valence-corrected chi connectivity index (χ1v) is 7.76. The third-order valence-corrected chi connectivity index (χ3v) is 3.84. The summed E-state index contributed by atoms with van der Waals surface area (Å²) in [7, 11) is 0. The molecule has 0 aliphatic rings. The zero-order valence-electron chi connectivity index (χ0n) is 12.3. The van der Waals surface area contributed by atoms with Crippen molar-refractivity contribution in [3.8, 4) is 0 Å². The van der Waals surface area contributed by atoms with Gasteiger partial charge < -0.3 is 5.32 Å². The minimum atomic E-state index is -4.48. The number of carbonyl (C=O) groups is 1. The molecule has 0 spiro atoms. The van der Waals surface area contributed by atoms with E-state index in [1.54, 1.807) is 6.26 Å². The van der Waals surface area contributed by atoms with Crippen LogP contribution in [0.3, 0.4) is 0 Å². The lowest BCUT2D eigenvalue weighted by Crippen LogP contribution is -2.14. The second kappa shape index (κ2) is 6.91. The predicted molar refractivity (Wildman–Crippen MR) is 84.3 cm³/mol. The molecule has 9 heteroatoms. The van der Waals surface area contributed by atoms with E-state index >= 15 is 0 Å². The molecule has 0 aromatic heterocycles. The molecule has 0 atom stereocenters. The normalized spacial score (nSPS) is 11.2. The zero-order chi connectivity index (χ0) is 17.9. The van der Waals surface area contributed by atoms with Crippen LogP contribution in [0.5, 0.6) is 0 Å². The van der Waals surface area contributed by atoms with Gasteiger partial charge in [0.25, 0.3) is 11.6 Å². The Bertz CT molecular complexity index is 777. The van der Waals surface area contributed by atoms with Crippen molar-refractivity contribution in [1.29, 1.82) is 0 Å². The topological polar surface area (TPSA) is 72.2 Å². The summed E-state index contributed by atoms with van der Waals surface area (Å²) in [5.41, 5.74) is -1.28. The van der Waals surface area contributed by atoms with E-state index in [1.165, 1.54) is 30.0 Å².